The highest BCUT2D eigenvalue weighted by atomic mass is 32.2. The first-order valence-electron chi connectivity index (χ1n) is 15.5. The summed E-state index contributed by atoms with van der Waals surface area (Å²) in [6.07, 6.45) is 13.8. The molecule has 0 spiro atoms. The number of carbonyl (C=O) groups is 3. The third kappa shape index (κ3) is 10.4. The van der Waals surface area contributed by atoms with E-state index < -0.39 is 22.8 Å². The highest BCUT2D eigenvalue weighted by molar-refractivity contribution is 8.01. The maximum absolute atomic E-state index is 12.2. The predicted octanol–water partition coefficient (Wildman–Crippen LogP) is 5.03. The summed E-state index contributed by atoms with van der Waals surface area (Å²) in [6, 6.07) is -1.40. The zero-order chi connectivity index (χ0) is 29.6. The van der Waals surface area contributed by atoms with E-state index in [1.165, 1.54) is 105 Å². The summed E-state index contributed by atoms with van der Waals surface area (Å²) in [4.78, 5) is 36.5. The molecule has 2 aliphatic heterocycles. The van der Waals surface area contributed by atoms with Gasteiger partial charge in [-0.3, -0.25) is 9.59 Å². The Hall–Kier alpha value is -1.54. The second kappa shape index (κ2) is 17.3. The first kappa shape index (κ1) is 35.5. The normalized spacial score (nSPS) is 22.1. The lowest BCUT2D eigenvalue weighted by Gasteiger charge is -2.45. The average molecular weight is 568 g/mol. The van der Waals surface area contributed by atoms with Crippen LogP contribution in [0.15, 0.2) is 11.8 Å². The van der Waals surface area contributed by atoms with Crippen LogP contribution in [-0.4, -0.2) is 75.4 Å². The first-order chi connectivity index (χ1) is 18.4. The number of fused-ring (bicyclic) bond motifs is 1. The molecule has 0 saturated carbocycles. The van der Waals surface area contributed by atoms with Crippen LogP contribution in [0.3, 0.4) is 0 Å². The molecule has 2 rings (SSSR count). The van der Waals surface area contributed by atoms with Crippen LogP contribution < -0.4 is 10.4 Å². The minimum Gasteiger partial charge on any atom is -0.548 e. The number of ketones is 1. The molecule has 0 aliphatic carbocycles. The SMILES string of the molecule is CCCC(=O)/C=C(\C)NC1C(=O)N2[C@@H]1SC(C)(C)[C@@H]2C(=O)[O-].CCCC[N+](CCCC)(CCCC)CCCC. The van der Waals surface area contributed by atoms with E-state index in [1.54, 1.807) is 20.8 Å². The molecule has 2 heterocycles. The number of hydrogen-bond donors (Lipinski definition) is 1. The fourth-order valence-corrected chi connectivity index (χ4v) is 7.24. The molecule has 0 aromatic rings. The van der Waals surface area contributed by atoms with Crippen LogP contribution in [0.1, 0.15) is 120 Å². The number of nitrogens with zero attached hydrogens (tertiary/aromatic N) is 2. The van der Waals surface area contributed by atoms with Crippen LogP contribution in [0.25, 0.3) is 0 Å². The summed E-state index contributed by atoms with van der Waals surface area (Å²) in [6.45, 7) is 22.3. The number of carboxylic acid groups (broad SMARTS) is 1. The number of nitrogens with one attached hydrogen (secondary N) is 1. The molecule has 0 bridgehead atoms. The number of unbranched alkanes of at least 4 members (excludes halogenated alkanes) is 4. The van der Waals surface area contributed by atoms with Crippen molar-refractivity contribution >= 4 is 29.4 Å². The molecule has 0 aromatic carbocycles. The molecule has 0 aromatic heterocycles. The van der Waals surface area contributed by atoms with Crippen molar-refractivity contribution in [3.8, 4) is 0 Å². The molecule has 226 valence electrons. The molecule has 1 amide bonds. The summed E-state index contributed by atoms with van der Waals surface area (Å²) < 4.78 is 0.828. The number of allylic oxidation sites excluding steroid dienone is 2. The highest BCUT2D eigenvalue weighted by Crippen LogP contribution is 2.50. The van der Waals surface area contributed by atoms with Gasteiger partial charge in [0, 0.05) is 16.9 Å². The van der Waals surface area contributed by atoms with E-state index in [0.29, 0.717) is 12.1 Å². The summed E-state index contributed by atoms with van der Waals surface area (Å²) in [5.74, 6) is -1.46. The number of carbonyl (C=O) groups excluding carboxylic acids is 3. The summed E-state index contributed by atoms with van der Waals surface area (Å²) >= 11 is 1.45. The van der Waals surface area contributed by atoms with E-state index in [9.17, 15) is 19.5 Å². The van der Waals surface area contributed by atoms with E-state index in [1.807, 2.05) is 6.92 Å². The van der Waals surface area contributed by atoms with Gasteiger partial charge in [0.25, 0.3) is 0 Å². The van der Waals surface area contributed by atoms with E-state index in [2.05, 4.69) is 33.0 Å². The van der Waals surface area contributed by atoms with Gasteiger partial charge in [0.2, 0.25) is 5.91 Å². The zero-order valence-corrected chi connectivity index (χ0v) is 27.0. The van der Waals surface area contributed by atoms with Crippen LogP contribution >= 0.6 is 11.8 Å². The maximum Gasteiger partial charge on any atom is 0.249 e. The van der Waals surface area contributed by atoms with E-state index in [4.69, 9.17) is 0 Å². The second-order valence-corrected chi connectivity index (χ2v) is 13.7. The average Bonchev–Trinajstić information content (AvgIpc) is 3.14. The van der Waals surface area contributed by atoms with Crippen molar-refractivity contribution in [2.75, 3.05) is 26.2 Å². The van der Waals surface area contributed by atoms with Crippen molar-refractivity contribution < 1.29 is 24.0 Å². The lowest BCUT2D eigenvalue weighted by atomic mass is 9.96. The molecule has 3 atom stereocenters. The Balaban J connectivity index is 0.000000406. The number of thioether (sulfide) groups is 1. The summed E-state index contributed by atoms with van der Waals surface area (Å²) in [5.41, 5.74) is 0.631. The molecule has 7 nitrogen and oxygen atoms in total. The molecular formula is C31H57N3O4S. The summed E-state index contributed by atoms with van der Waals surface area (Å²) in [7, 11) is 0. The van der Waals surface area contributed by atoms with Crippen molar-refractivity contribution in [3.05, 3.63) is 11.8 Å². The largest absolute Gasteiger partial charge is 0.548 e. The number of hydrogen-bond acceptors (Lipinski definition) is 6. The molecule has 2 fully saturated rings. The third-order valence-corrected chi connectivity index (χ3v) is 9.44. The fraction of sp³-hybridized carbons (Fsp3) is 0.839. The number of amides is 1. The van der Waals surface area contributed by atoms with Crippen molar-refractivity contribution in [3.63, 3.8) is 0 Å². The Bertz CT molecular complexity index is 776. The second-order valence-electron chi connectivity index (χ2n) is 11.9. The molecule has 0 radical (unpaired) electrons. The molecule has 1 N–H and O–H groups in total. The van der Waals surface area contributed by atoms with E-state index in [-0.39, 0.29) is 17.1 Å². The Morgan fingerprint density at radius 1 is 0.923 bits per heavy atom. The van der Waals surface area contributed by atoms with Gasteiger partial charge in [-0.05, 0) is 59.0 Å². The lowest BCUT2D eigenvalue weighted by Crippen LogP contribution is -2.70. The molecule has 2 aliphatic rings. The van der Waals surface area contributed by atoms with Crippen molar-refractivity contribution in [2.45, 2.75) is 142 Å². The molecule has 8 heteroatoms. The highest BCUT2D eigenvalue weighted by Gasteiger charge is 2.61. The third-order valence-electron chi connectivity index (χ3n) is 7.87. The van der Waals surface area contributed by atoms with Gasteiger partial charge in [-0.25, -0.2) is 0 Å². The van der Waals surface area contributed by atoms with E-state index in [0.717, 1.165) is 6.42 Å². The zero-order valence-electron chi connectivity index (χ0n) is 26.1. The topological polar surface area (TPSA) is 89.5 Å². The van der Waals surface area contributed by atoms with Crippen molar-refractivity contribution in [1.82, 2.24) is 10.2 Å². The molecule has 39 heavy (non-hydrogen) atoms. The van der Waals surface area contributed by atoms with Gasteiger partial charge in [0.05, 0.1) is 38.2 Å². The molecule has 2 saturated heterocycles. The van der Waals surface area contributed by atoms with E-state index >= 15 is 0 Å². The van der Waals surface area contributed by atoms with Crippen LogP contribution in [0.2, 0.25) is 0 Å². The number of carboxylic acids is 1. The molecular weight excluding hydrogens is 510 g/mol. The Morgan fingerprint density at radius 2 is 1.38 bits per heavy atom. The Labute approximate surface area is 243 Å². The maximum atomic E-state index is 12.2. The number of quaternary nitrogens is 1. The van der Waals surface area contributed by atoms with Crippen LogP contribution in [0, 0.1) is 0 Å². The predicted molar refractivity (Wildman–Crippen MR) is 161 cm³/mol. The first-order valence-corrected chi connectivity index (χ1v) is 16.3. The van der Waals surface area contributed by atoms with Gasteiger partial charge < -0.3 is 24.6 Å². The van der Waals surface area contributed by atoms with Gasteiger partial charge in [-0.15, -0.1) is 11.8 Å². The smallest absolute Gasteiger partial charge is 0.249 e. The van der Waals surface area contributed by atoms with Crippen LogP contribution in [0.4, 0.5) is 0 Å². The minimum absolute atomic E-state index is 0.0168. The number of rotatable bonds is 18. The number of aliphatic carboxylic acids is 1. The van der Waals surface area contributed by atoms with Crippen LogP contribution in [-0.2, 0) is 14.4 Å². The van der Waals surface area contributed by atoms with Gasteiger partial charge in [0.15, 0.2) is 5.78 Å². The van der Waals surface area contributed by atoms with Gasteiger partial charge in [0.1, 0.15) is 11.4 Å². The van der Waals surface area contributed by atoms with Crippen LogP contribution in [0.5, 0.6) is 0 Å². The molecule has 1 unspecified atom stereocenters. The monoisotopic (exact) mass is 567 g/mol. The lowest BCUT2D eigenvalue weighted by molar-refractivity contribution is -0.929. The van der Waals surface area contributed by atoms with Crippen molar-refractivity contribution in [2.24, 2.45) is 0 Å². The Morgan fingerprint density at radius 3 is 1.77 bits per heavy atom. The van der Waals surface area contributed by atoms with Gasteiger partial charge in [-0.2, -0.15) is 0 Å². The van der Waals surface area contributed by atoms with Gasteiger partial charge in [-0.1, -0.05) is 60.3 Å². The minimum atomic E-state index is -1.22. The quantitative estimate of drug-likeness (QED) is 0.142. The summed E-state index contributed by atoms with van der Waals surface area (Å²) in [5, 5.41) is 14.1. The number of β-lactam (4-membered cyclic amide) rings is 1. The van der Waals surface area contributed by atoms with Gasteiger partial charge >= 0.3 is 0 Å². The fourth-order valence-electron chi connectivity index (χ4n) is 5.62. The Kier molecular flexibility index (Phi) is 15.8. The van der Waals surface area contributed by atoms with Crippen molar-refractivity contribution in [1.29, 1.82) is 0 Å². The standard InChI is InChI=1S/C16H36N.C15H22N2O4S/c1-5-9-13-17(14-10-6-2,15-11-7-3)16-12-8-4;1-5-6-9(18)7-8(2)16-10-12(19)17-11(14(20)21)15(3,4)22-13(10)17/h5-16H2,1-4H3;7,10-11,13,16H,5-6H2,1-4H3,(H,20,21)/q+1;/p-1/b;8-7+/t;10?,11-,13+/m.0/s1.